The third kappa shape index (κ3) is 4.09. The van der Waals surface area contributed by atoms with E-state index in [1.54, 1.807) is 18.0 Å². The van der Waals surface area contributed by atoms with Gasteiger partial charge in [-0.2, -0.15) is 5.26 Å². The minimum atomic E-state index is 0.258. The minimum absolute atomic E-state index is 0.258. The van der Waals surface area contributed by atoms with Gasteiger partial charge in [0, 0.05) is 50.0 Å². The van der Waals surface area contributed by atoms with Gasteiger partial charge >= 0.3 is 0 Å². The lowest BCUT2D eigenvalue weighted by atomic mass is 10.0. The maximum absolute atomic E-state index is 12.5. The van der Waals surface area contributed by atoms with Crippen molar-refractivity contribution in [2.45, 2.75) is 5.75 Å². The third-order valence-corrected chi connectivity index (χ3v) is 6.37. The Hall–Kier alpha value is -2.52. The Labute approximate surface area is 164 Å². The molecule has 3 heterocycles. The van der Waals surface area contributed by atoms with Crippen molar-refractivity contribution in [2.24, 2.45) is 11.8 Å². The fourth-order valence-corrected chi connectivity index (χ4v) is 4.83. The first-order chi connectivity index (χ1) is 13.2. The summed E-state index contributed by atoms with van der Waals surface area (Å²) in [6.07, 6.45) is 1.63. The van der Waals surface area contributed by atoms with E-state index < -0.39 is 0 Å². The Morgan fingerprint density at radius 2 is 1.85 bits per heavy atom. The molecule has 27 heavy (non-hydrogen) atoms. The van der Waals surface area contributed by atoms with Crippen LogP contribution in [0.5, 0.6) is 0 Å². The van der Waals surface area contributed by atoms with Crippen molar-refractivity contribution >= 4 is 23.5 Å². The summed E-state index contributed by atoms with van der Waals surface area (Å²) in [6.45, 7) is 3.57. The van der Waals surface area contributed by atoms with Gasteiger partial charge in [-0.3, -0.25) is 4.79 Å². The average molecular weight is 379 g/mol. The van der Waals surface area contributed by atoms with Gasteiger partial charge in [-0.15, -0.1) is 11.8 Å². The van der Waals surface area contributed by atoms with Crippen molar-refractivity contribution < 1.29 is 4.79 Å². The van der Waals surface area contributed by atoms with Gasteiger partial charge in [0.1, 0.15) is 11.9 Å². The number of nitriles is 1. The van der Waals surface area contributed by atoms with Gasteiger partial charge in [0.15, 0.2) is 0 Å². The summed E-state index contributed by atoms with van der Waals surface area (Å²) in [4.78, 5) is 21.3. The molecule has 1 amide bonds. The van der Waals surface area contributed by atoms with Gasteiger partial charge < -0.3 is 9.80 Å². The van der Waals surface area contributed by atoms with Crippen molar-refractivity contribution in [2.75, 3.05) is 36.8 Å². The molecule has 6 heteroatoms. The number of benzene rings is 1. The number of hydrogen-bond donors (Lipinski definition) is 0. The maximum atomic E-state index is 12.5. The molecule has 2 aliphatic rings. The summed E-state index contributed by atoms with van der Waals surface area (Å²) in [6, 6.07) is 16.1. The lowest BCUT2D eigenvalue weighted by molar-refractivity contribution is -0.127. The summed E-state index contributed by atoms with van der Waals surface area (Å²) in [5.41, 5.74) is 1.85. The molecule has 1 aromatic carbocycles. The fraction of sp³-hybridized carbons (Fsp3) is 0.381. The van der Waals surface area contributed by atoms with Gasteiger partial charge in [0.05, 0.1) is 11.3 Å². The van der Waals surface area contributed by atoms with Gasteiger partial charge in [-0.1, -0.05) is 30.3 Å². The van der Waals surface area contributed by atoms with Crippen molar-refractivity contribution in [1.82, 2.24) is 9.88 Å². The van der Waals surface area contributed by atoms with Crippen LogP contribution in [0.1, 0.15) is 11.1 Å². The van der Waals surface area contributed by atoms with E-state index in [0.717, 1.165) is 37.7 Å². The molecule has 2 unspecified atom stereocenters. The molecular weight excluding hydrogens is 356 g/mol. The summed E-state index contributed by atoms with van der Waals surface area (Å²) >= 11 is 1.69. The molecule has 2 saturated heterocycles. The van der Waals surface area contributed by atoms with E-state index >= 15 is 0 Å². The number of aromatic nitrogens is 1. The standard InChI is InChI=1S/C21H22N4OS/c22-8-17-6-7-20(23-9-17)24-10-18-12-25(13-19(18)11-24)21(26)15-27-14-16-4-2-1-3-5-16/h1-7,9,18-19H,10-15H2. The predicted octanol–water partition coefficient (Wildman–Crippen LogP) is 2.78. The lowest BCUT2D eigenvalue weighted by Gasteiger charge is -2.22. The molecule has 5 nitrogen and oxygen atoms in total. The summed E-state index contributed by atoms with van der Waals surface area (Å²) in [5, 5.41) is 8.89. The van der Waals surface area contributed by atoms with Gasteiger partial charge in [0.2, 0.25) is 5.91 Å². The van der Waals surface area contributed by atoms with E-state index in [9.17, 15) is 4.79 Å². The van der Waals surface area contributed by atoms with Crippen LogP contribution < -0.4 is 4.90 Å². The summed E-state index contributed by atoms with van der Waals surface area (Å²) in [7, 11) is 0. The molecule has 2 aromatic rings. The number of likely N-dealkylation sites (tertiary alicyclic amines) is 1. The molecular formula is C21H22N4OS. The Balaban J connectivity index is 1.25. The topological polar surface area (TPSA) is 60.2 Å². The number of thioether (sulfide) groups is 1. The SMILES string of the molecule is N#Cc1ccc(N2CC3CN(C(=O)CSCc4ccccc4)CC3C2)nc1. The van der Waals surface area contributed by atoms with E-state index in [4.69, 9.17) is 5.26 Å². The van der Waals surface area contributed by atoms with Crippen LogP contribution in [-0.2, 0) is 10.5 Å². The Kier molecular flexibility index (Phi) is 5.30. The van der Waals surface area contributed by atoms with Gasteiger partial charge in [-0.05, 0) is 17.7 Å². The smallest absolute Gasteiger partial charge is 0.232 e. The van der Waals surface area contributed by atoms with E-state index in [1.165, 1.54) is 5.56 Å². The van der Waals surface area contributed by atoms with Gasteiger partial charge in [0.25, 0.3) is 0 Å². The van der Waals surface area contributed by atoms with Crippen molar-refractivity contribution in [3.63, 3.8) is 0 Å². The van der Waals surface area contributed by atoms with Crippen LogP contribution in [0.25, 0.3) is 0 Å². The van der Waals surface area contributed by atoms with Crippen molar-refractivity contribution in [3.8, 4) is 6.07 Å². The van der Waals surface area contributed by atoms with Crippen LogP contribution in [-0.4, -0.2) is 47.7 Å². The number of carbonyl (C=O) groups excluding carboxylic acids is 1. The Bertz CT molecular complexity index is 820. The molecule has 0 bridgehead atoms. The summed E-state index contributed by atoms with van der Waals surface area (Å²) in [5.74, 6) is 3.66. The number of rotatable bonds is 5. The lowest BCUT2D eigenvalue weighted by Crippen LogP contribution is -2.34. The molecule has 0 saturated carbocycles. The zero-order chi connectivity index (χ0) is 18.6. The first-order valence-corrected chi connectivity index (χ1v) is 10.4. The molecule has 1 aromatic heterocycles. The van der Waals surface area contributed by atoms with E-state index in [1.807, 2.05) is 35.2 Å². The molecule has 0 N–H and O–H groups in total. The van der Waals surface area contributed by atoms with Crippen LogP contribution >= 0.6 is 11.8 Å². The molecule has 0 aliphatic carbocycles. The van der Waals surface area contributed by atoms with Crippen LogP contribution in [0.15, 0.2) is 48.7 Å². The predicted molar refractivity (Wildman–Crippen MR) is 107 cm³/mol. The highest BCUT2D eigenvalue weighted by Gasteiger charge is 2.41. The van der Waals surface area contributed by atoms with E-state index in [2.05, 4.69) is 28.1 Å². The van der Waals surface area contributed by atoms with Crippen molar-refractivity contribution in [3.05, 3.63) is 59.8 Å². The molecule has 4 rings (SSSR count). The number of carbonyl (C=O) groups is 1. The molecule has 2 atom stereocenters. The van der Waals surface area contributed by atoms with Crippen LogP contribution in [0.2, 0.25) is 0 Å². The maximum Gasteiger partial charge on any atom is 0.232 e. The molecule has 0 radical (unpaired) electrons. The highest BCUT2D eigenvalue weighted by Crippen LogP contribution is 2.33. The molecule has 2 fully saturated rings. The zero-order valence-electron chi connectivity index (χ0n) is 15.1. The normalized spacial score (nSPS) is 21.1. The molecule has 0 spiro atoms. The van der Waals surface area contributed by atoms with E-state index in [-0.39, 0.29) is 5.91 Å². The second-order valence-corrected chi connectivity index (χ2v) is 8.20. The number of anilines is 1. The highest BCUT2D eigenvalue weighted by molar-refractivity contribution is 7.99. The monoisotopic (exact) mass is 378 g/mol. The Morgan fingerprint density at radius 3 is 2.48 bits per heavy atom. The Morgan fingerprint density at radius 1 is 1.11 bits per heavy atom. The van der Waals surface area contributed by atoms with Crippen molar-refractivity contribution in [1.29, 1.82) is 5.26 Å². The second kappa shape index (κ2) is 8.01. The number of nitrogens with zero attached hydrogens (tertiary/aromatic N) is 4. The van der Waals surface area contributed by atoms with Crippen LogP contribution in [0, 0.1) is 23.2 Å². The number of amides is 1. The average Bonchev–Trinajstić information content (AvgIpc) is 3.28. The molecule has 138 valence electrons. The largest absolute Gasteiger partial charge is 0.356 e. The second-order valence-electron chi connectivity index (χ2n) is 7.22. The summed E-state index contributed by atoms with van der Waals surface area (Å²) < 4.78 is 0. The third-order valence-electron chi connectivity index (χ3n) is 5.38. The van der Waals surface area contributed by atoms with E-state index in [0.29, 0.717) is 23.2 Å². The van der Waals surface area contributed by atoms with Crippen LogP contribution in [0.4, 0.5) is 5.82 Å². The highest BCUT2D eigenvalue weighted by atomic mass is 32.2. The van der Waals surface area contributed by atoms with Crippen LogP contribution in [0.3, 0.4) is 0 Å². The number of pyridine rings is 1. The molecule has 2 aliphatic heterocycles. The van der Waals surface area contributed by atoms with Gasteiger partial charge in [-0.25, -0.2) is 4.98 Å². The first kappa shape index (κ1) is 17.9. The number of hydrogen-bond acceptors (Lipinski definition) is 5. The first-order valence-electron chi connectivity index (χ1n) is 9.23. The number of fused-ring (bicyclic) bond motifs is 1. The minimum Gasteiger partial charge on any atom is -0.356 e. The zero-order valence-corrected chi connectivity index (χ0v) is 15.9. The fourth-order valence-electron chi connectivity index (χ4n) is 3.94. The quantitative estimate of drug-likeness (QED) is 0.801.